The zero-order chi connectivity index (χ0) is 17.2. The number of benzene rings is 2. The van der Waals surface area contributed by atoms with Gasteiger partial charge in [-0.25, -0.2) is 9.37 Å². The molecule has 0 amide bonds. The Bertz CT molecular complexity index is 805. The summed E-state index contributed by atoms with van der Waals surface area (Å²) in [5, 5.41) is 0. The number of hydrogen-bond acceptors (Lipinski definition) is 1. The van der Waals surface area contributed by atoms with E-state index in [4.69, 9.17) is 0 Å². The van der Waals surface area contributed by atoms with Gasteiger partial charge in [-0.05, 0) is 24.1 Å². The Labute approximate surface area is 143 Å². The van der Waals surface area contributed by atoms with E-state index >= 15 is 0 Å². The molecule has 0 spiro atoms. The summed E-state index contributed by atoms with van der Waals surface area (Å²) in [5.74, 6) is 0.841. The van der Waals surface area contributed by atoms with Crippen molar-refractivity contribution in [3.63, 3.8) is 0 Å². The summed E-state index contributed by atoms with van der Waals surface area (Å²) in [6, 6.07) is 18.1. The molecule has 2 nitrogen and oxygen atoms in total. The molecule has 0 N–H and O–H groups in total. The molecule has 0 aliphatic rings. The molecule has 24 heavy (non-hydrogen) atoms. The first-order valence-electron chi connectivity index (χ1n) is 8.38. The number of imidazole rings is 1. The van der Waals surface area contributed by atoms with Crippen LogP contribution in [0.5, 0.6) is 0 Å². The van der Waals surface area contributed by atoms with Crippen LogP contribution in [0.3, 0.4) is 0 Å². The number of nitrogens with zero attached hydrogens (tertiary/aromatic N) is 2. The highest BCUT2D eigenvalue weighted by atomic mass is 19.1. The zero-order valence-electron chi connectivity index (χ0n) is 14.4. The van der Waals surface area contributed by atoms with E-state index in [1.807, 2.05) is 86.1 Å². The second-order valence-corrected chi connectivity index (χ2v) is 6.60. The Morgan fingerprint density at radius 1 is 1.04 bits per heavy atom. The summed E-state index contributed by atoms with van der Waals surface area (Å²) in [4.78, 5) is 4.56. The monoisotopic (exact) mass is 322 g/mol. The van der Waals surface area contributed by atoms with Crippen molar-refractivity contribution in [1.29, 1.82) is 0 Å². The molecule has 0 bridgehead atoms. The summed E-state index contributed by atoms with van der Waals surface area (Å²) in [5.41, 5.74) is 2.44. The lowest BCUT2D eigenvalue weighted by atomic mass is 9.77. The minimum atomic E-state index is -0.904. The molecule has 1 heterocycles. The first-order chi connectivity index (χ1) is 11.6. The van der Waals surface area contributed by atoms with Crippen molar-refractivity contribution in [2.75, 3.05) is 0 Å². The number of alkyl halides is 1. The van der Waals surface area contributed by atoms with Gasteiger partial charge in [-0.2, -0.15) is 0 Å². The highest BCUT2D eigenvalue weighted by Gasteiger charge is 2.33. The molecule has 0 saturated heterocycles. The second-order valence-electron chi connectivity index (χ2n) is 6.60. The van der Waals surface area contributed by atoms with Gasteiger partial charge in [0.05, 0.1) is 0 Å². The van der Waals surface area contributed by atoms with E-state index in [1.54, 1.807) is 6.20 Å². The number of aromatic nitrogens is 2. The fourth-order valence-corrected chi connectivity index (χ4v) is 3.22. The molecule has 3 heteroatoms. The number of para-hydroxylation sites is 1. The standard InChI is InChI=1S/C21H23FN2/c1-4-19(22)21(2,3)18-13-9-8-12-17(18)20-23-14-15-24(20)16-10-6-5-7-11-16/h5-15,19H,4H2,1-3H3/t19-/m1/s1. The van der Waals surface area contributed by atoms with Crippen LogP contribution < -0.4 is 0 Å². The van der Waals surface area contributed by atoms with Gasteiger partial charge in [0, 0.05) is 29.1 Å². The predicted molar refractivity (Wildman–Crippen MR) is 97.2 cm³/mol. The molecule has 124 valence electrons. The molecular formula is C21H23FN2. The van der Waals surface area contributed by atoms with Crippen molar-refractivity contribution < 1.29 is 4.39 Å². The summed E-state index contributed by atoms with van der Waals surface area (Å²) in [6.45, 7) is 5.82. The van der Waals surface area contributed by atoms with Crippen LogP contribution in [-0.4, -0.2) is 15.7 Å². The highest BCUT2D eigenvalue weighted by Crippen LogP contribution is 2.37. The van der Waals surface area contributed by atoms with Gasteiger partial charge in [0.1, 0.15) is 12.0 Å². The normalized spacial score (nSPS) is 13.0. The van der Waals surface area contributed by atoms with Gasteiger partial charge in [-0.3, -0.25) is 4.57 Å². The van der Waals surface area contributed by atoms with Crippen molar-refractivity contribution in [3.8, 4) is 17.1 Å². The van der Waals surface area contributed by atoms with Gasteiger partial charge >= 0.3 is 0 Å². The lowest BCUT2D eigenvalue weighted by Crippen LogP contribution is -2.30. The number of hydrogen-bond donors (Lipinski definition) is 0. The van der Waals surface area contributed by atoms with E-state index in [1.165, 1.54) is 0 Å². The molecule has 0 aliphatic heterocycles. The Morgan fingerprint density at radius 2 is 1.71 bits per heavy atom. The van der Waals surface area contributed by atoms with Gasteiger partial charge < -0.3 is 0 Å². The fraction of sp³-hybridized carbons (Fsp3) is 0.286. The first kappa shape index (κ1) is 16.4. The van der Waals surface area contributed by atoms with Crippen molar-refractivity contribution >= 4 is 0 Å². The van der Waals surface area contributed by atoms with Crippen LogP contribution in [0.1, 0.15) is 32.8 Å². The van der Waals surface area contributed by atoms with Gasteiger partial charge in [0.2, 0.25) is 0 Å². The molecule has 3 rings (SSSR count). The first-order valence-corrected chi connectivity index (χ1v) is 8.38. The van der Waals surface area contributed by atoms with Crippen LogP contribution >= 0.6 is 0 Å². The molecule has 2 aromatic carbocycles. The molecule has 0 unspecified atom stereocenters. The largest absolute Gasteiger partial charge is 0.300 e. The van der Waals surface area contributed by atoms with E-state index in [0.29, 0.717) is 6.42 Å². The SMILES string of the molecule is CC[C@@H](F)C(C)(C)c1ccccc1-c1nccn1-c1ccccc1. The summed E-state index contributed by atoms with van der Waals surface area (Å²) in [6.07, 6.45) is 3.33. The van der Waals surface area contributed by atoms with Crippen LogP contribution in [0.15, 0.2) is 67.0 Å². The zero-order valence-corrected chi connectivity index (χ0v) is 14.4. The van der Waals surface area contributed by atoms with E-state index in [0.717, 1.165) is 22.6 Å². The molecule has 0 radical (unpaired) electrons. The third-order valence-corrected chi connectivity index (χ3v) is 4.68. The molecule has 0 saturated carbocycles. The topological polar surface area (TPSA) is 17.8 Å². The van der Waals surface area contributed by atoms with E-state index < -0.39 is 11.6 Å². The minimum Gasteiger partial charge on any atom is -0.300 e. The lowest BCUT2D eigenvalue weighted by molar-refractivity contribution is 0.209. The average Bonchev–Trinajstić information content (AvgIpc) is 3.11. The second kappa shape index (κ2) is 6.60. The Morgan fingerprint density at radius 3 is 2.42 bits per heavy atom. The van der Waals surface area contributed by atoms with Gasteiger partial charge in [-0.15, -0.1) is 0 Å². The Kier molecular flexibility index (Phi) is 4.52. The third-order valence-electron chi connectivity index (χ3n) is 4.68. The van der Waals surface area contributed by atoms with Crippen LogP contribution in [0, 0.1) is 0 Å². The van der Waals surface area contributed by atoms with E-state index in [-0.39, 0.29) is 0 Å². The van der Waals surface area contributed by atoms with Gasteiger partial charge in [0.15, 0.2) is 0 Å². The molecule has 0 fully saturated rings. The van der Waals surface area contributed by atoms with Crippen LogP contribution in [0.4, 0.5) is 4.39 Å². The van der Waals surface area contributed by atoms with Crippen LogP contribution in [0.25, 0.3) is 17.1 Å². The number of rotatable bonds is 5. The Hall–Kier alpha value is -2.42. The van der Waals surface area contributed by atoms with Crippen molar-refractivity contribution in [2.45, 2.75) is 38.8 Å². The predicted octanol–water partition coefficient (Wildman–Crippen LogP) is 5.57. The molecule has 0 aliphatic carbocycles. The molecular weight excluding hydrogens is 299 g/mol. The van der Waals surface area contributed by atoms with Crippen molar-refractivity contribution in [2.24, 2.45) is 0 Å². The molecule has 1 atom stereocenters. The van der Waals surface area contributed by atoms with E-state index in [2.05, 4.69) is 4.98 Å². The average molecular weight is 322 g/mol. The van der Waals surface area contributed by atoms with Gasteiger partial charge in [0.25, 0.3) is 0 Å². The van der Waals surface area contributed by atoms with Gasteiger partial charge in [-0.1, -0.05) is 63.2 Å². The summed E-state index contributed by atoms with van der Waals surface area (Å²) >= 11 is 0. The maximum atomic E-state index is 14.6. The lowest BCUT2D eigenvalue weighted by Gasteiger charge is -2.30. The summed E-state index contributed by atoms with van der Waals surface area (Å²) < 4.78 is 16.7. The Balaban J connectivity index is 2.15. The van der Waals surface area contributed by atoms with E-state index in [9.17, 15) is 4.39 Å². The smallest absolute Gasteiger partial charge is 0.144 e. The molecule has 1 aromatic heterocycles. The minimum absolute atomic E-state index is 0.495. The highest BCUT2D eigenvalue weighted by molar-refractivity contribution is 5.65. The quantitative estimate of drug-likeness (QED) is 0.601. The fourth-order valence-electron chi connectivity index (χ4n) is 3.22. The maximum Gasteiger partial charge on any atom is 0.144 e. The molecule has 3 aromatic rings. The van der Waals surface area contributed by atoms with Crippen LogP contribution in [-0.2, 0) is 5.41 Å². The van der Waals surface area contributed by atoms with Crippen molar-refractivity contribution in [3.05, 3.63) is 72.6 Å². The third kappa shape index (κ3) is 2.86. The summed E-state index contributed by atoms with van der Waals surface area (Å²) in [7, 11) is 0. The maximum absolute atomic E-state index is 14.6. The van der Waals surface area contributed by atoms with Crippen molar-refractivity contribution in [1.82, 2.24) is 9.55 Å². The number of halogens is 1. The van der Waals surface area contributed by atoms with Crippen LogP contribution in [0.2, 0.25) is 0 Å².